The van der Waals surface area contributed by atoms with Crippen molar-refractivity contribution in [3.05, 3.63) is 0 Å². The van der Waals surface area contributed by atoms with Gasteiger partial charge in [0.1, 0.15) is 0 Å². The van der Waals surface area contributed by atoms with Crippen LogP contribution in [0.25, 0.3) is 0 Å². The molecule has 0 N–H and O–H groups in total. The highest BCUT2D eigenvalue weighted by Crippen LogP contribution is 1.96. The van der Waals surface area contributed by atoms with Crippen molar-refractivity contribution in [2.24, 2.45) is 0 Å². The molecule has 5 heavy (non-hydrogen) atoms. The van der Waals surface area contributed by atoms with E-state index in [1.165, 1.54) is 14.4 Å². The second kappa shape index (κ2) is 4.58. The van der Waals surface area contributed by atoms with Gasteiger partial charge in [0.25, 0.3) is 0 Å². The third kappa shape index (κ3) is 4.58. The smallest absolute Gasteiger partial charge is 0.206 e. The second-order valence-electron chi connectivity index (χ2n) is 0.641. The monoisotopic (exact) mass is 104 g/mol. The Bertz CT molecular complexity index is 30.8. The van der Waals surface area contributed by atoms with Crippen LogP contribution in [0.1, 0.15) is 0 Å². The van der Waals surface area contributed by atoms with Gasteiger partial charge in [-0.25, -0.2) is 11.6 Å². The molecule has 0 bridgehead atoms. The Morgan fingerprint density at radius 2 is 2.60 bits per heavy atom. The molecule has 0 saturated carbocycles. The fourth-order valence-corrected chi connectivity index (χ4v) is 0.822. The van der Waals surface area contributed by atoms with E-state index in [0.717, 1.165) is 0 Å². The van der Waals surface area contributed by atoms with Crippen LogP contribution in [-0.2, 0) is 0 Å². The van der Waals surface area contributed by atoms with Crippen molar-refractivity contribution in [3.63, 3.8) is 0 Å². The Morgan fingerprint density at radius 1 is 2.00 bits per heavy atom. The zero-order chi connectivity index (χ0) is 4.12. The van der Waals surface area contributed by atoms with Crippen molar-refractivity contribution in [3.8, 4) is 0 Å². The van der Waals surface area contributed by atoms with Crippen molar-refractivity contribution in [2.45, 2.75) is 0 Å². The van der Waals surface area contributed by atoms with E-state index in [-0.39, 0.29) is 0 Å². The van der Waals surface area contributed by atoms with Gasteiger partial charge in [0, 0.05) is 0 Å². The molecule has 0 rings (SSSR count). The Morgan fingerprint density at radius 3 is 2.60 bits per heavy atom. The van der Waals surface area contributed by atoms with Crippen LogP contribution >= 0.6 is 19.7 Å². The molecule has 0 aromatic rings. The molecule has 0 saturated heterocycles. The van der Waals surface area contributed by atoms with Crippen LogP contribution in [0.5, 0.6) is 0 Å². The first-order valence-corrected chi connectivity index (χ1v) is 3.99. The highest BCUT2D eigenvalue weighted by atomic mass is 32.2. The summed E-state index contributed by atoms with van der Waals surface area (Å²) in [6.45, 7) is 0. The molecule has 28 valence electrons. The fraction of sp³-hybridized carbons (Fsp3) is 0.500. The third-order valence-electron chi connectivity index (χ3n) is 0.220. The second-order valence-corrected chi connectivity index (χ2v) is 2.70. The van der Waals surface area contributed by atoms with Crippen LogP contribution < -0.4 is 0 Å². The molecule has 0 atom stereocenters. The van der Waals surface area contributed by atoms with E-state index in [4.69, 9.17) is 0 Å². The molecule has 0 heterocycles. The Balaban J connectivity index is 2.40. The molecule has 0 aromatic heterocycles. The molecular weight excluding hydrogens is 97.9 g/mol. The van der Waals surface area contributed by atoms with E-state index in [1.807, 2.05) is 11.6 Å². The van der Waals surface area contributed by atoms with E-state index in [0.29, 0.717) is 0 Å². The zero-order valence-electron chi connectivity index (χ0n) is 3.27. The van der Waals surface area contributed by atoms with E-state index >= 15 is 0 Å². The van der Waals surface area contributed by atoms with Crippen LogP contribution in [-0.4, -0.2) is 18.8 Å². The normalized spacial score (nSPS) is 8.20. The van der Waals surface area contributed by atoms with Gasteiger partial charge in [-0.2, -0.15) is 0 Å². The fourth-order valence-electron chi connectivity index (χ4n) is 0.0913. The van der Waals surface area contributed by atoms with Crippen LogP contribution in [0.4, 0.5) is 0 Å². The maximum atomic E-state index is 3.63. The lowest BCUT2D eigenvalue weighted by Crippen LogP contribution is -1.56. The van der Waals surface area contributed by atoms with Crippen molar-refractivity contribution < 1.29 is 0 Å². The van der Waals surface area contributed by atoms with Crippen molar-refractivity contribution in [1.29, 1.82) is 0 Å². The van der Waals surface area contributed by atoms with Crippen molar-refractivity contribution in [1.82, 2.24) is 0 Å². The lowest BCUT2D eigenvalue weighted by Gasteiger charge is -1.69. The summed E-state index contributed by atoms with van der Waals surface area (Å²) in [5, 5.41) is 0. The molecule has 0 aliphatic carbocycles. The summed E-state index contributed by atoms with van der Waals surface area (Å²) in [5.41, 5.74) is 0. The molecule has 0 aromatic carbocycles. The summed E-state index contributed by atoms with van der Waals surface area (Å²) in [7, 11) is 1.24. The Kier molecular flexibility index (Phi) is 5.12. The minimum Gasteiger partial charge on any atom is -0.206 e. The lowest BCUT2D eigenvalue weighted by atomic mass is 10.7. The molecule has 0 aliphatic heterocycles. The highest BCUT2D eigenvalue weighted by Gasteiger charge is 1.67. The average Bonchev–Trinajstić information content (AvgIpc) is 1.41. The maximum Gasteiger partial charge on any atom is 0.249 e. The predicted molar refractivity (Wildman–Crippen MR) is 34.7 cm³/mol. The summed E-state index contributed by atoms with van der Waals surface area (Å²) in [4.78, 5) is 0. The predicted octanol–water partition coefficient (Wildman–Crippen LogP) is 0.994. The number of hydrogen-bond acceptors (Lipinski definition) is 1. The molecule has 0 spiro atoms. The van der Waals surface area contributed by atoms with Gasteiger partial charge in [0.15, 0.2) is 0 Å². The molecule has 0 radical (unpaired) electrons. The van der Waals surface area contributed by atoms with Crippen LogP contribution in [0.3, 0.4) is 0 Å². The van der Waals surface area contributed by atoms with Gasteiger partial charge in [-0.3, -0.25) is 0 Å². The van der Waals surface area contributed by atoms with Crippen LogP contribution in [0.15, 0.2) is 0 Å². The van der Waals surface area contributed by atoms with Gasteiger partial charge in [-0.1, -0.05) is 6.30 Å². The molecule has 0 nitrogen and oxygen atoms in total. The molecular formula is C2H6BPS. The first-order chi connectivity index (χ1) is 2.41. The quantitative estimate of drug-likeness (QED) is 0.372. The topological polar surface area (TPSA) is 0 Å². The van der Waals surface area contributed by atoms with Gasteiger partial charge in [0.2, 0.25) is 6.28 Å². The summed E-state index contributed by atoms with van der Waals surface area (Å²) < 4.78 is 0. The van der Waals surface area contributed by atoms with Gasteiger partial charge in [-0.05, 0) is 6.26 Å². The minimum atomic E-state index is 1.17. The van der Waals surface area contributed by atoms with E-state index in [2.05, 4.69) is 12.6 Å². The molecule has 0 unspecified atom stereocenters. The first-order valence-electron chi connectivity index (χ1n) is 1.33. The van der Waals surface area contributed by atoms with Crippen LogP contribution in [0, 0.1) is 0 Å². The average molecular weight is 104 g/mol. The van der Waals surface area contributed by atoms with E-state index < -0.39 is 0 Å². The van der Waals surface area contributed by atoms with Gasteiger partial charge < -0.3 is 0 Å². The maximum absolute atomic E-state index is 3.63. The number of rotatable bonds is 2. The van der Waals surface area contributed by atoms with Gasteiger partial charge in [-0.15, -0.1) is 8.08 Å². The van der Waals surface area contributed by atoms with E-state index in [1.54, 1.807) is 0 Å². The molecule has 3 heteroatoms. The summed E-state index contributed by atoms with van der Waals surface area (Å²) in [5.74, 6) is 0. The van der Waals surface area contributed by atoms with Gasteiger partial charge in [0.05, 0.1) is 0 Å². The Hall–Kier alpha value is 0.585. The number of hydrogen-bond donors (Lipinski definition) is 0. The summed E-state index contributed by atoms with van der Waals surface area (Å²) in [6.07, 6.45) is 6.88. The highest BCUT2D eigenvalue weighted by molar-refractivity contribution is 8.33. The first kappa shape index (κ1) is 5.58. The largest absolute Gasteiger partial charge is 0.249 e. The standard InChI is InChI=1S/C2H6BPS/c1-4-3-5-2/h3H,1H2,2H3. The minimum absolute atomic E-state index is 1.17. The van der Waals surface area contributed by atoms with Crippen LogP contribution in [0.2, 0.25) is 0 Å². The van der Waals surface area contributed by atoms with E-state index in [9.17, 15) is 0 Å². The van der Waals surface area contributed by atoms with Crippen molar-refractivity contribution >= 4 is 32.3 Å². The lowest BCUT2D eigenvalue weighted by molar-refractivity contribution is 2.54. The molecule has 0 fully saturated rings. The zero-order valence-corrected chi connectivity index (χ0v) is 4.98. The summed E-state index contributed by atoms with van der Waals surface area (Å²) in [6, 6.07) is 0. The SMILES string of the molecule is C=PBSC. The summed E-state index contributed by atoms with van der Waals surface area (Å²) >= 11 is 1.83. The Labute approximate surface area is 39.2 Å². The van der Waals surface area contributed by atoms with Gasteiger partial charge >= 0.3 is 0 Å². The third-order valence-corrected chi connectivity index (χ3v) is 1.98. The molecule has 0 aliphatic rings. The molecule has 0 amide bonds. The van der Waals surface area contributed by atoms with Crippen molar-refractivity contribution in [2.75, 3.05) is 6.26 Å².